The Bertz CT molecular complexity index is 328. The molecule has 0 spiro atoms. The SMILES string of the molecule is Cc1cnc(CCN[C@@H](C)CSC(C)(C)C)s1. The maximum absolute atomic E-state index is 4.37. The van der Waals surface area contributed by atoms with Crippen LogP contribution in [0.2, 0.25) is 0 Å². The van der Waals surface area contributed by atoms with Crippen molar-refractivity contribution in [3.63, 3.8) is 0 Å². The standard InChI is InChI=1S/C13H24N2S2/c1-10(9-16-13(3,4)5)14-7-6-12-15-8-11(2)17-12/h8,10,14H,6-7,9H2,1-5H3/t10-/m0/s1. The molecule has 2 nitrogen and oxygen atoms in total. The summed E-state index contributed by atoms with van der Waals surface area (Å²) in [5.74, 6) is 1.17. The van der Waals surface area contributed by atoms with Gasteiger partial charge in [-0.3, -0.25) is 0 Å². The lowest BCUT2D eigenvalue weighted by atomic mass is 10.3. The highest BCUT2D eigenvalue weighted by atomic mass is 32.2. The van der Waals surface area contributed by atoms with Crippen molar-refractivity contribution in [1.29, 1.82) is 0 Å². The molecule has 1 heterocycles. The molecule has 1 rings (SSSR count). The fourth-order valence-corrected chi connectivity index (χ4v) is 3.03. The van der Waals surface area contributed by atoms with E-state index in [0.717, 1.165) is 13.0 Å². The van der Waals surface area contributed by atoms with Crippen molar-refractivity contribution in [2.24, 2.45) is 0 Å². The van der Waals surface area contributed by atoms with Crippen LogP contribution >= 0.6 is 23.1 Å². The van der Waals surface area contributed by atoms with Crippen molar-refractivity contribution < 1.29 is 0 Å². The fraction of sp³-hybridized carbons (Fsp3) is 0.769. The van der Waals surface area contributed by atoms with Gasteiger partial charge in [0.1, 0.15) is 0 Å². The summed E-state index contributed by atoms with van der Waals surface area (Å²) >= 11 is 3.82. The van der Waals surface area contributed by atoms with Crippen molar-refractivity contribution in [3.05, 3.63) is 16.1 Å². The first-order chi connectivity index (χ1) is 7.87. The van der Waals surface area contributed by atoms with E-state index in [1.807, 2.05) is 18.0 Å². The molecule has 0 unspecified atom stereocenters. The average Bonchev–Trinajstić information content (AvgIpc) is 2.60. The monoisotopic (exact) mass is 272 g/mol. The first-order valence-electron chi connectivity index (χ1n) is 6.15. The third-order valence-electron chi connectivity index (χ3n) is 2.27. The predicted molar refractivity (Wildman–Crippen MR) is 80.2 cm³/mol. The lowest BCUT2D eigenvalue weighted by molar-refractivity contribution is 0.594. The van der Waals surface area contributed by atoms with E-state index in [9.17, 15) is 0 Å². The normalized spacial score (nSPS) is 13.9. The highest BCUT2D eigenvalue weighted by Crippen LogP contribution is 2.23. The van der Waals surface area contributed by atoms with Crippen LogP contribution in [0.15, 0.2) is 6.20 Å². The zero-order valence-corrected chi connectivity index (χ0v) is 13.2. The lowest BCUT2D eigenvalue weighted by Crippen LogP contribution is -2.31. The molecule has 1 aromatic rings. The zero-order valence-electron chi connectivity index (χ0n) is 11.5. The molecular weight excluding hydrogens is 248 g/mol. The van der Waals surface area contributed by atoms with Gasteiger partial charge in [-0.25, -0.2) is 4.98 Å². The van der Waals surface area contributed by atoms with Crippen LogP contribution in [0.1, 0.15) is 37.6 Å². The maximum atomic E-state index is 4.37. The topological polar surface area (TPSA) is 24.9 Å². The second-order valence-corrected chi connectivity index (χ2v) is 8.56. The molecule has 0 aliphatic heterocycles. The van der Waals surface area contributed by atoms with Crippen LogP contribution in [-0.4, -0.2) is 28.1 Å². The Morgan fingerprint density at radius 3 is 2.71 bits per heavy atom. The van der Waals surface area contributed by atoms with Gasteiger partial charge in [0.15, 0.2) is 0 Å². The van der Waals surface area contributed by atoms with Crippen molar-refractivity contribution >= 4 is 23.1 Å². The summed E-state index contributed by atoms with van der Waals surface area (Å²) in [4.78, 5) is 5.67. The van der Waals surface area contributed by atoms with E-state index in [4.69, 9.17) is 0 Å². The number of hydrogen-bond donors (Lipinski definition) is 1. The molecule has 0 aliphatic carbocycles. The number of aromatic nitrogens is 1. The van der Waals surface area contributed by atoms with Gasteiger partial charge in [0, 0.05) is 40.6 Å². The van der Waals surface area contributed by atoms with E-state index in [1.165, 1.54) is 15.6 Å². The third-order valence-corrected chi connectivity index (χ3v) is 4.77. The van der Waals surface area contributed by atoms with Crippen LogP contribution in [0.5, 0.6) is 0 Å². The van der Waals surface area contributed by atoms with E-state index < -0.39 is 0 Å². The highest BCUT2D eigenvalue weighted by molar-refractivity contribution is 8.00. The van der Waals surface area contributed by atoms with Gasteiger partial charge in [0.25, 0.3) is 0 Å². The molecule has 0 aromatic carbocycles. The highest BCUT2D eigenvalue weighted by Gasteiger charge is 2.12. The molecular formula is C13H24N2S2. The number of nitrogens with zero attached hydrogens (tertiary/aromatic N) is 1. The Kier molecular flexibility index (Phi) is 5.97. The van der Waals surface area contributed by atoms with Crippen LogP contribution in [0.3, 0.4) is 0 Å². The fourth-order valence-electron chi connectivity index (χ4n) is 1.38. The van der Waals surface area contributed by atoms with Crippen LogP contribution < -0.4 is 5.32 Å². The van der Waals surface area contributed by atoms with Crippen molar-refractivity contribution in [1.82, 2.24) is 10.3 Å². The number of rotatable bonds is 6. The number of nitrogens with one attached hydrogen (secondary N) is 1. The minimum atomic E-state index is 0.363. The van der Waals surface area contributed by atoms with Gasteiger partial charge in [-0.2, -0.15) is 11.8 Å². The van der Waals surface area contributed by atoms with Crippen molar-refractivity contribution in [2.45, 2.75) is 51.8 Å². The van der Waals surface area contributed by atoms with E-state index in [0.29, 0.717) is 10.8 Å². The van der Waals surface area contributed by atoms with E-state index in [1.54, 1.807) is 11.3 Å². The van der Waals surface area contributed by atoms with Gasteiger partial charge in [0.05, 0.1) is 5.01 Å². The molecule has 0 amide bonds. The number of hydrogen-bond acceptors (Lipinski definition) is 4. The first-order valence-corrected chi connectivity index (χ1v) is 7.96. The summed E-state index contributed by atoms with van der Waals surface area (Å²) < 4.78 is 0.363. The Hall–Kier alpha value is -0.0600. The van der Waals surface area contributed by atoms with Crippen molar-refractivity contribution in [2.75, 3.05) is 12.3 Å². The average molecular weight is 272 g/mol. The molecule has 4 heteroatoms. The number of thioether (sulfide) groups is 1. The summed E-state index contributed by atoms with van der Waals surface area (Å²) in [6.45, 7) is 12.2. The number of aryl methyl sites for hydroxylation is 1. The quantitative estimate of drug-likeness (QED) is 0.858. The van der Waals surface area contributed by atoms with Crippen LogP contribution in [0.25, 0.3) is 0 Å². The second-order valence-electron chi connectivity index (χ2n) is 5.39. The minimum Gasteiger partial charge on any atom is -0.313 e. The number of thiazole rings is 1. The summed E-state index contributed by atoms with van der Waals surface area (Å²) in [5.41, 5.74) is 0. The van der Waals surface area contributed by atoms with Gasteiger partial charge >= 0.3 is 0 Å². The molecule has 17 heavy (non-hydrogen) atoms. The van der Waals surface area contributed by atoms with Gasteiger partial charge in [0.2, 0.25) is 0 Å². The molecule has 0 saturated heterocycles. The molecule has 1 atom stereocenters. The summed E-state index contributed by atoms with van der Waals surface area (Å²) in [6.07, 6.45) is 3.00. The molecule has 0 saturated carbocycles. The molecule has 0 aliphatic rings. The van der Waals surface area contributed by atoms with E-state index in [2.05, 4.69) is 44.9 Å². The van der Waals surface area contributed by atoms with Gasteiger partial charge in [-0.15, -0.1) is 11.3 Å². The van der Waals surface area contributed by atoms with Crippen LogP contribution in [0.4, 0.5) is 0 Å². The Balaban J connectivity index is 2.14. The van der Waals surface area contributed by atoms with E-state index in [-0.39, 0.29) is 0 Å². The van der Waals surface area contributed by atoms with Crippen LogP contribution in [-0.2, 0) is 6.42 Å². The Labute approximate surface area is 114 Å². The second kappa shape index (κ2) is 6.76. The summed E-state index contributed by atoms with van der Waals surface area (Å²) in [6, 6.07) is 0.570. The largest absolute Gasteiger partial charge is 0.313 e. The molecule has 0 bridgehead atoms. The minimum absolute atomic E-state index is 0.363. The first kappa shape index (κ1) is 15.0. The maximum Gasteiger partial charge on any atom is 0.0940 e. The van der Waals surface area contributed by atoms with Crippen molar-refractivity contribution in [3.8, 4) is 0 Å². The zero-order chi connectivity index (χ0) is 12.9. The molecule has 98 valence electrons. The predicted octanol–water partition coefficient (Wildman–Crippen LogP) is 3.50. The third kappa shape index (κ3) is 7.06. The molecule has 1 aromatic heterocycles. The van der Waals surface area contributed by atoms with Gasteiger partial charge < -0.3 is 5.32 Å². The van der Waals surface area contributed by atoms with Gasteiger partial charge in [-0.1, -0.05) is 20.8 Å². The molecule has 0 fully saturated rings. The Morgan fingerprint density at radius 2 is 2.18 bits per heavy atom. The smallest absolute Gasteiger partial charge is 0.0940 e. The van der Waals surface area contributed by atoms with Crippen LogP contribution in [0, 0.1) is 6.92 Å². The lowest BCUT2D eigenvalue weighted by Gasteiger charge is -2.21. The molecule has 1 N–H and O–H groups in total. The Morgan fingerprint density at radius 1 is 1.47 bits per heavy atom. The van der Waals surface area contributed by atoms with Gasteiger partial charge in [-0.05, 0) is 13.8 Å². The summed E-state index contributed by atoms with van der Waals surface area (Å²) in [7, 11) is 0. The molecule has 0 radical (unpaired) electrons. The summed E-state index contributed by atoms with van der Waals surface area (Å²) in [5, 5.41) is 4.80. The van der Waals surface area contributed by atoms with E-state index >= 15 is 0 Å².